The fourth-order valence-corrected chi connectivity index (χ4v) is 1.87. The van der Waals surface area contributed by atoms with Crippen LogP contribution in [-0.2, 0) is 0 Å². The van der Waals surface area contributed by atoms with Gasteiger partial charge in [0.15, 0.2) is 0 Å². The molecule has 0 spiro atoms. The number of ether oxygens (including phenoxy) is 1. The van der Waals surface area contributed by atoms with E-state index < -0.39 is 0 Å². The van der Waals surface area contributed by atoms with Gasteiger partial charge in [0.25, 0.3) is 0 Å². The van der Waals surface area contributed by atoms with Crippen LogP contribution in [0.15, 0.2) is 18.2 Å². The minimum atomic E-state index is 0.342. The molecule has 0 heterocycles. The number of nitrogens with two attached hydrogens (primary N) is 1. The van der Waals surface area contributed by atoms with E-state index in [0.717, 1.165) is 24.5 Å². The lowest BCUT2D eigenvalue weighted by atomic mass is 10.1. The van der Waals surface area contributed by atoms with E-state index in [4.69, 9.17) is 10.5 Å². The van der Waals surface area contributed by atoms with Gasteiger partial charge < -0.3 is 15.8 Å². The summed E-state index contributed by atoms with van der Waals surface area (Å²) in [5.74, 6) is 0.901. The van der Waals surface area contributed by atoms with E-state index in [9.17, 15) is 0 Å². The van der Waals surface area contributed by atoms with Crippen molar-refractivity contribution < 1.29 is 4.74 Å². The van der Waals surface area contributed by atoms with E-state index in [1.807, 2.05) is 6.07 Å². The van der Waals surface area contributed by atoms with Crippen LogP contribution >= 0.6 is 0 Å². The van der Waals surface area contributed by atoms with E-state index in [0.29, 0.717) is 5.41 Å². The van der Waals surface area contributed by atoms with E-state index in [-0.39, 0.29) is 0 Å². The van der Waals surface area contributed by atoms with Crippen molar-refractivity contribution in [2.24, 2.45) is 11.1 Å². The highest BCUT2D eigenvalue weighted by Gasteiger charge is 2.40. The second-order valence-electron chi connectivity index (χ2n) is 4.76. The van der Waals surface area contributed by atoms with Crippen LogP contribution in [0.3, 0.4) is 0 Å². The van der Waals surface area contributed by atoms with Crippen LogP contribution in [0.1, 0.15) is 18.4 Å². The van der Waals surface area contributed by atoms with Crippen LogP contribution in [0.4, 0.5) is 5.69 Å². The average Bonchev–Trinajstić information content (AvgIpc) is 3.07. The Morgan fingerprint density at radius 2 is 2.19 bits per heavy atom. The molecular weight excluding hydrogens is 200 g/mol. The van der Waals surface area contributed by atoms with Crippen LogP contribution in [0.5, 0.6) is 5.75 Å². The molecule has 1 aliphatic carbocycles. The van der Waals surface area contributed by atoms with Gasteiger partial charge in [0.2, 0.25) is 0 Å². The first-order valence-corrected chi connectivity index (χ1v) is 5.78. The first kappa shape index (κ1) is 11.3. The van der Waals surface area contributed by atoms with Crippen molar-refractivity contribution in [3.05, 3.63) is 23.8 Å². The normalized spacial score (nSPS) is 16.9. The van der Waals surface area contributed by atoms with Crippen LogP contribution in [0.25, 0.3) is 0 Å². The second-order valence-corrected chi connectivity index (χ2v) is 4.76. The quantitative estimate of drug-likeness (QED) is 0.799. The summed E-state index contributed by atoms with van der Waals surface area (Å²) < 4.78 is 5.33. The lowest BCUT2D eigenvalue weighted by Gasteiger charge is -2.16. The number of methoxy groups -OCH3 is 1. The average molecular weight is 220 g/mol. The van der Waals surface area contributed by atoms with Gasteiger partial charge in [0.05, 0.1) is 12.8 Å². The maximum absolute atomic E-state index is 5.76. The van der Waals surface area contributed by atoms with Crippen LogP contribution < -0.4 is 15.8 Å². The monoisotopic (exact) mass is 220 g/mol. The third kappa shape index (κ3) is 2.30. The van der Waals surface area contributed by atoms with Gasteiger partial charge in [-0.15, -0.1) is 0 Å². The number of hydrogen-bond donors (Lipinski definition) is 2. The van der Waals surface area contributed by atoms with Gasteiger partial charge in [-0.1, -0.05) is 6.07 Å². The lowest BCUT2D eigenvalue weighted by Crippen LogP contribution is -2.24. The minimum Gasteiger partial charge on any atom is -0.495 e. The standard InChI is InChI=1S/C13H20N2O/c1-10-3-4-12(16-2)11(7-10)15-9-13(8-14)5-6-13/h3-4,7,15H,5-6,8-9,14H2,1-2H3. The topological polar surface area (TPSA) is 47.3 Å². The molecule has 0 radical (unpaired) electrons. The van der Waals surface area contributed by atoms with Crippen LogP contribution in [0.2, 0.25) is 0 Å². The van der Waals surface area contributed by atoms with Crippen molar-refractivity contribution >= 4 is 5.69 Å². The molecule has 1 aromatic rings. The highest BCUT2D eigenvalue weighted by molar-refractivity contribution is 5.58. The maximum Gasteiger partial charge on any atom is 0.141 e. The van der Waals surface area contributed by atoms with Crippen LogP contribution in [-0.4, -0.2) is 20.2 Å². The minimum absolute atomic E-state index is 0.342. The first-order chi connectivity index (χ1) is 7.69. The summed E-state index contributed by atoms with van der Waals surface area (Å²) >= 11 is 0. The summed E-state index contributed by atoms with van der Waals surface area (Å²) in [5, 5.41) is 3.45. The Hall–Kier alpha value is -1.22. The number of anilines is 1. The van der Waals surface area contributed by atoms with Gasteiger partial charge >= 0.3 is 0 Å². The van der Waals surface area contributed by atoms with E-state index in [1.54, 1.807) is 7.11 Å². The number of rotatable bonds is 5. The summed E-state index contributed by atoms with van der Waals surface area (Å²) in [6.45, 7) is 3.80. The predicted molar refractivity (Wildman–Crippen MR) is 66.9 cm³/mol. The molecule has 16 heavy (non-hydrogen) atoms. The molecule has 88 valence electrons. The summed E-state index contributed by atoms with van der Waals surface area (Å²) in [7, 11) is 1.70. The smallest absolute Gasteiger partial charge is 0.141 e. The molecule has 0 atom stereocenters. The number of hydrogen-bond acceptors (Lipinski definition) is 3. The molecule has 0 aliphatic heterocycles. The molecule has 1 aliphatic rings. The number of aryl methyl sites for hydroxylation is 1. The van der Waals surface area contributed by atoms with Crippen molar-refractivity contribution in [3.8, 4) is 5.75 Å². The van der Waals surface area contributed by atoms with Crippen molar-refractivity contribution in [1.29, 1.82) is 0 Å². The van der Waals surface area contributed by atoms with E-state index >= 15 is 0 Å². The van der Waals surface area contributed by atoms with Gasteiger partial charge in [-0.3, -0.25) is 0 Å². The van der Waals surface area contributed by atoms with Crippen molar-refractivity contribution in [2.75, 3.05) is 25.5 Å². The maximum atomic E-state index is 5.76. The molecule has 0 unspecified atom stereocenters. The molecule has 1 fully saturated rings. The molecule has 3 heteroatoms. The van der Waals surface area contributed by atoms with Gasteiger partial charge in [0, 0.05) is 6.54 Å². The Bertz CT molecular complexity index is 372. The molecule has 1 saturated carbocycles. The molecule has 0 amide bonds. The molecule has 0 saturated heterocycles. The Kier molecular flexibility index (Phi) is 3.06. The molecule has 0 aromatic heterocycles. The van der Waals surface area contributed by atoms with Gasteiger partial charge in [0.1, 0.15) is 5.75 Å². The molecule has 1 aromatic carbocycles. The molecular formula is C13H20N2O. The second kappa shape index (κ2) is 4.34. The summed E-state index contributed by atoms with van der Waals surface area (Å²) in [4.78, 5) is 0. The van der Waals surface area contributed by atoms with Gasteiger partial charge in [-0.05, 0) is 49.4 Å². The summed E-state index contributed by atoms with van der Waals surface area (Å²) in [6.07, 6.45) is 2.48. The number of nitrogens with one attached hydrogen (secondary N) is 1. The van der Waals surface area contributed by atoms with Crippen molar-refractivity contribution in [3.63, 3.8) is 0 Å². The molecule has 3 nitrogen and oxygen atoms in total. The number of benzene rings is 1. The Labute approximate surface area is 97.0 Å². The third-order valence-corrected chi connectivity index (χ3v) is 3.40. The highest BCUT2D eigenvalue weighted by atomic mass is 16.5. The first-order valence-electron chi connectivity index (χ1n) is 5.78. The zero-order valence-electron chi connectivity index (χ0n) is 10.0. The fourth-order valence-electron chi connectivity index (χ4n) is 1.87. The van der Waals surface area contributed by atoms with Gasteiger partial charge in [-0.25, -0.2) is 0 Å². The molecule has 0 bridgehead atoms. The predicted octanol–water partition coefficient (Wildman–Crippen LogP) is 2.15. The molecule has 2 rings (SSSR count). The van der Waals surface area contributed by atoms with Crippen molar-refractivity contribution in [2.45, 2.75) is 19.8 Å². The Morgan fingerprint density at radius 3 is 2.75 bits per heavy atom. The van der Waals surface area contributed by atoms with Crippen LogP contribution in [0, 0.1) is 12.3 Å². The largest absolute Gasteiger partial charge is 0.495 e. The lowest BCUT2D eigenvalue weighted by molar-refractivity contribution is 0.415. The SMILES string of the molecule is COc1ccc(C)cc1NCC1(CN)CC1. The summed E-state index contributed by atoms with van der Waals surface area (Å²) in [5.41, 5.74) is 8.41. The summed E-state index contributed by atoms with van der Waals surface area (Å²) in [6, 6.07) is 6.17. The zero-order chi connectivity index (χ0) is 11.6. The molecule has 3 N–H and O–H groups in total. The van der Waals surface area contributed by atoms with Crippen molar-refractivity contribution in [1.82, 2.24) is 0 Å². The third-order valence-electron chi connectivity index (χ3n) is 3.40. The highest BCUT2D eigenvalue weighted by Crippen LogP contribution is 2.44. The zero-order valence-corrected chi connectivity index (χ0v) is 10.0. The van der Waals surface area contributed by atoms with E-state index in [2.05, 4.69) is 24.4 Å². The van der Waals surface area contributed by atoms with E-state index in [1.165, 1.54) is 18.4 Å². The fraction of sp³-hybridized carbons (Fsp3) is 0.538. The Balaban J connectivity index is 2.05. The Morgan fingerprint density at radius 1 is 1.44 bits per heavy atom. The van der Waals surface area contributed by atoms with Gasteiger partial charge in [-0.2, -0.15) is 0 Å².